The first-order chi connectivity index (χ1) is 12.2. The van der Waals surface area contributed by atoms with Crippen molar-refractivity contribution in [2.45, 2.75) is 75.5 Å². The molecule has 0 nitrogen and oxygen atoms in total. The van der Waals surface area contributed by atoms with E-state index in [1.165, 1.54) is 12.3 Å². The molecular formula is C26H40P2Rh+3. The van der Waals surface area contributed by atoms with Crippen molar-refractivity contribution in [3.63, 3.8) is 0 Å². The van der Waals surface area contributed by atoms with Gasteiger partial charge in [-0.15, -0.1) is 0 Å². The Morgan fingerprint density at radius 3 is 1.24 bits per heavy atom. The molecule has 2 aliphatic rings. The van der Waals surface area contributed by atoms with Crippen LogP contribution in [0.3, 0.4) is 0 Å². The smallest absolute Gasteiger partial charge is 0.358 e. The van der Waals surface area contributed by atoms with E-state index in [9.17, 15) is 0 Å². The van der Waals surface area contributed by atoms with Gasteiger partial charge in [-0.2, -0.15) is 0 Å². The van der Waals surface area contributed by atoms with Gasteiger partial charge < -0.3 is 14.9 Å². The Hall–Kier alpha value is -0.0766. The molecule has 0 fully saturated rings. The number of fused-ring (bicyclic) bond motifs is 2. The summed E-state index contributed by atoms with van der Waals surface area (Å²) >= 11 is 0. The fraction of sp³-hybridized carbons (Fsp3) is 0.462. The zero-order chi connectivity index (χ0) is 18.7. The third kappa shape index (κ3) is 4.89. The van der Waals surface area contributed by atoms with Gasteiger partial charge in [0, 0.05) is 27.0 Å². The van der Waals surface area contributed by atoms with Crippen LogP contribution in [0.1, 0.15) is 75.1 Å². The first kappa shape index (κ1) is 27.0. The summed E-state index contributed by atoms with van der Waals surface area (Å²) in [4.78, 5) is 0. The van der Waals surface area contributed by atoms with Crippen molar-refractivity contribution in [2.75, 3.05) is 0 Å². The molecular weight excluding hydrogens is 477 g/mol. The Kier molecular flexibility index (Phi) is 8.92. The van der Waals surface area contributed by atoms with Crippen molar-refractivity contribution in [3.05, 3.63) is 85.6 Å². The molecule has 2 heterocycles. The van der Waals surface area contributed by atoms with Crippen molar-refractivity contribution in [1.29, 1.82) is 0 Å². The second-order valence-corrected chi connectivity index (χ2v) is 17.3. The van der Waals surface area contributed by atoms with Crippen LogP contribution in [0.4, 0.5) is 0 Å². The summed E-state index contributed by atoms with van der Waals surface area (Å²) in [6.07, 6.45) is 2.71. The summed E-state index contributed by atoms with van der Waals surface area (Å²) in [5.41, 5.74) is 8.28. The summed E-state index contributed by atoms with van der Waals surface area (Å²) in [5, 5.41) is 0.882. The first-order valence-electron chi connectivity index (χ1n) is 10.1. The Labute approximate surface area is 195 Å². The molecule has 29 heavy (non-hydrogen) atoms. The minimum atomic E-state index is -0.514. The fourth-order valence-corrected chi connectivity index (χ4v) is 13.7. The van der Waals surface area contributed by atoms with Gasteiger partial charge in [0.05, 0.1) is 22.6 Å². The van der Waals surface area contributed by atoms with E-state index < -0.39 is 15.8 Å². The molecule has 160 valence electrons. The van der Waals surface area contributed by atoms with Crippen molar-refractivity contribution in [1.82, 2.24) is 0 Å². The molecule has 2 unspecified atom stereocenters. The summed E-state index contributed by atoms with van der Waals surface area (Å²) in [7, 11) is -1.03. The number of rotatable bonds is 1. The van der Waals surface area contributed by atoms with E-state index in [0.29, 0.717) is 10.3 Å². The summed E-state index contributed by atoms with van der Waals surface area (Å²) in [5.74, 6) is 0. The van der Waals surface area contributed by atoms with Crippen molar-refractivity contribution >= 4 is 15.8 Å². The SMILES string of the molecule is CC(C)(C)[PH+]1Cc2ccccc2[C@@H]1[C@H]1c2ccccc2C[PH+]1C(C)(C)C.[CH3-].[CH3-].[Rh+3]. The molecule has 0 aromatic heterocycles. The van der Waals surface area contributed by atoms with Gasteiger partial charge in [0.25, 0.3) is 0 Å². The van der Waals surface area contributed by atoms with Crippen LogP contribution in [-0.4, -0.2) is 10.3 Å². The van der Waals surface area contributed by atoms with Crippen LogP contribution in [0.15, 0.2) is 48.5 Å². The van der Waals surface area contributed by atoms with E-state index in [-0.39, 0.29) is 34.3 Å². The van der Waals surface area contributed by atoms with Crippen LogP contribution < -0.4 is 0 Å². The molecule has 3 heteroatoms. The van der Waals surface area contributed by atoms with Gasteiger partial charge in [-0.05, 0) is 52.7 Å². The molecule has 0 saturated carbocycles. The molecule has 4 rings (SSSR count). The third-order valence-electron chi connectivity index (χ3n) is 6.55. The molecule has 4 atom stereocenters. The molecule has 0 radical (unpaired) electrons. The molecule has 2 aliphatic heterocycles. The summed E-state index contributed by atoms with van der Waals surface area (Å²) in [6, 6.07) is 18.8. The maximum Gasteiger partial charge on any atom is 3.00 e. The molecule has 0 amide bonds. The monoisotopic (exact) mass is 517 g/mol. The third-order valence-corrected chi connectivity index (χ3v) is 15.1. The molecule has 2 aromatic rings. The fourth-order valence-electron chi connectivity index (χ4n) is 5.23. The van der Waals surface area contributed by atoms with Crippen LogP contribution >= 0.6 is 15.8 Å². The summed E-state index contributed by atoms with van der Waals surface area (Å²) < 4.78 is 0. The minimum absolute atomic E-state index is 0. The predicted molar refractivity (Wildman–Crippen MR) is 135 cm³/mol. The van der Waals surface area contributed by atoms with Crippen LogP contribution in [-0.2, 0) is 31.8 Å². The second kappa shape index (κ2) is 9.60. The van der Waals surface area contributed by atoms with E-state index in [2.05, 4.69) is 90.1 Å². The molecule has 0 bridgehead atoms. The summed E-state index contributed by atoms with van der Waals surface area (Å²) in [6.45, 7) is 15.0. The van der Waals surface area contributed by atoms with E-state index >= 15 is 0 Å². The van der Waals surface area contributed by atoms with Crippen molar-refractivity contribution in [2.24, 2.45) is 0 Å². The van der Waals surface area contributed by atoms with Gasteiger partial charge >= 0.3 is 19.5 Å². The normalized spacial score (nSPS) is 25.2. The molecule has 0 spiro atoms. The topological polar surface area (TPSA) is 0 Å². The largest absolute Gasteiger partial charge is 3.00 e. The maximum atomic E-state index is 2.50. The molecule has 2 aromatic carbocycles. The van der Waals surface area contributed by atoms with Crippen LogP contribution in [0.25, 0.3) is 0 Å². The van der Waals surface area contributed by atoms with Crippen molar-refractivity contribution in [3.8, 4) is 0 Å². The van der Waals surface area contributed by atoms with E-state index in [0.717, 1.165) is 11.3 Å². The Morgan fingerprint density at radius 1 is 0.621 bits per heavy atom. The molecule has 0 aliphatic carbocycles. The van der Waals surface area contributed by atoms with Gasteiger partial charge in [-0.25, -0.2) is 0 Å². The standard InChI is InChI=1S/C24H32P2.2CH3.Rh/c1-23(2,3)25-15-17-11-7-9-13-19(17)21(25)22-20-14-10-8-12-18(20)16-26(22)24(4,5)6;;;/h7-14,21-22H,15-16H2,1-6H3;2*1H3;/q;2*-1;+3/p+2/t21-,22-,25?,26?;;;/m1.../s1. The Bertz CT molecular complexity index is 746. The van der Waals surface area contributed by atoms with Crippen molar-refractivity contribution < 1.29 is 19.5 Å². The number of benzene rings is 2. The minimum Gasteiger partial charge on any atom is -0.358 e. The van der Waals surface area contributed by atoms with E-state index in [1.54, 1.807) is 22.3 Å². The van der Waals surface area contributed by atoms with Gasteiger partial charge in [0.15, 0.2) is 0 Å². The average Bonchev–Trinajstić information content (AvgIpc) is 3.12. The van der Waals surface area contributed by atoms with Gasteiger partial charge in [0.2, 0.25) is 0 Å². The zero-order valence-corrected chi connectivity index (χ0v) is 23.2. The van der Waals surface area contributed by atoms with Crippen LogP contribution in [0, 0.1) is 14.9 Å². The Morgan fingerprint density at radius 2 is 0.931 bits per heavy atom. The predicted octanol–water partition coefficient (Wildman–Crippen LogP) is 8.42. The van der Waals surface area contributed by atoms with Crippen LogP contribution in [0.5, 0.6) is 0 Å². The van der Waals surface area contributed by atoms with Gasteiger partial charge in [0.1, 0.15) is 11.3 Å². The number of hydrogen-bond acceptors (Lipinski definition) is 0. The van der Waals surface area contributed by atoms with Crippen LogP contribution in [0.2, 0.25) is 0 Å². The van der Waals surface area contributed by atoms with E-state index in [1.807, 2.05) is 0 Å². The molecule has 0 saturated heterocycles. The first-order valence-corrected chi connectivity index (χ1v) is 13.6. The average molecular weight is 517 g/mol. The zero-order valence-electron chi connectivity index (χ0n) is 19.5. The maximum absolute atomic E-state index is 2.50. The molecule has 0 N–H and O–H groups in total. The second-order valence-electron chi connectivity index (χ2n) is 10.3. The van der Waals surface area contributed by atoms with E-state index in [4.69, 9.17) is 0 Å². The van der Waals surface area contributed by atoms with Gasteiger partial charge in [-0.3, -0.25) is 0 Å². The van der Waals surface area contributed by atoms with Gasteiger partial charge in [-0.1, -0.05) is 48.5 Å². The number of hydrogen-bond donors (Lipinski definition) is 0. The quantitative estimate of drug-likeness (QED) is 0.202. The Balaban J connectivity index is 0.00000140.